The van der Waals surface area contributed by atoms with Crippen LogP contribution in [0.15, 0.2) is 12.1 Å². The van der Waals surface area contributed by atoms with E-state index < -0.39 is 5.97 Å². The van der Waals surface area contributed by atoms with Crippen molar-refractivity contribution in [3.63, 3.8) is 0 Å². The molecule has 0 atom stereocenters. The highest BCUT2D eigenvalue weighted by Crippen LogP contribution is 2.18. The topological polar surface area (TPSA) is 63.3 Å². The van der Waals surface area contributed by atoms with E-state index >= 15 is 0 Å². The number of carbonyl (C=O) groups is 1. The van der Waals surface area contributed by atoms with Crippen molar-refractivity contribution >= 4 is 11.7 Å². The number of nitrogens with two attached hydrogens (primary N) is 1. The van der Waals surface area contributed by atoms with Crippen molar-refractivity contribution in [3.8, 4) is 0 Å². The Kier molecular flexibility index (Phi) is 2.04. The van der Waals surface area contributed by atoms with Crippen molar-refractivity contribution in [1.82, 2.24) is 0 Å². The Morgan fingerprint density at radius 3 is 2.08 bits per heavy atom. The smallest absolute Gasteiger partial charge is 0.335 e. The quantitative estimate of drug-likeness (QED) is 0.621. The molecule has 0 aromatic heterocycles. The molecule has 0 unspecified atom stereocenters. The molecule has 0 aliphatic rings. The molecule has 3 heteroatoms. The largest absolute Gasteiger partial charge is 0.478 e. The highest BCUT2D eigenvalue weighted by molar-refractivity contribution is 5.89. The third-order valence-corrected chi connectivity index (χ3v) is 1.84. The normalized spacial score (nSPS) is 9.83. The van der Waals surface area contributed by atoms with Gasteiger partial charge in [0.1, 0.15) is 0 Å². The van der Waals surface area contributed by atoms with Gasteiger partial charge in [0.05, 0.1) is 5.56 Å². The van der Waals surface area contributed by atoms with E-state index in [1.165, 1.54) is 0 Å². The maximum absolute atomic E-state index is 10.6. The zero-order valence-electron chi connectivity index (χ0n) is 7.09. The van der Waals surface area contributed by atoms with Crippen molar-refractivity contribution in [3.05, 3.63) is 28.8 Å². The Bertz CT molecular complexity index is 308. The number of rotatable bonds is 1. The van der Waals surface area contributed by atoms with Gasteiger partial charge >= 0.3 is 5.97 Å². The number of carboxylic acids is 1. The van der Waals surface area contributed by atoms with Crippen LogP contribution in [0.4, 0.5) is 5.69 Å². The van der Waals surface area contributed by atoms with E-state index in [4.69, 9.17) is 10.8 Å². The minimum absolute atomic E-state index is 0.291. The molecule has 0 aliphatic carbocycles. The molecule has 0 radical (unpaired) electrons. The number of aromatic carboxylic acids is 1. The van der Waals surface area contributed by atoms with Gasteiger partial charge < -0.3 is 10.8 Å². The summed E-state index contributed by atoms with van der Waals surface area (Å²) < 4.78 is 0. The fourth-order valence-corrected chi connectivity index (χ4v) is 1.10. The van der Waals surface area contributed by atoms with Gasteiger partial charge in [-0.2, -0.15) is 0 Å². The van der Waals surface area contributed by atoms with E-state index in [-0.39, 0.29) is 0 Å². The lowest BCUT2D eigenvalue weighted by Gasteiger charge is -2.05. The SMILES string of the molecule is Cc1cc(C(=O)O)cc(C)c1N. The van der Waals surface area contributed by atoms with E-state index in [1.807, 2.05) is 0 Å². The maximum atomic E-state index is 10.6. The van der Waals surface area contributed by atoms with Crippen molar-refractivity contribution in [2.24, 2.45) is 0 Å². The molecule has 64 valence electrons. The van der Waals surface area contributed by atoms with Gasteiger partial charge in [0.2, 0.25) is 0 Å². The highest BCUT2D eigenvalue weighted by Gasteiger charge is 2.06. The molecule has 3 N–H and O–H groups in total. The van der Waals surface area contributed by atoms with Crippen LogP contribution < -0.4 is 5.73 Å². The van der Waals surface area contributed by atoms with E-state index in [2.05, 4.69) is 0 Å². The summed E-state index contributed by atoms with van der Waals surface area (Å²) in [6.07, 6.45) is 0. The number of hydrogen-bond acceptors (Lipinski definition) is 2. The molecular formula is C9H11NO2. The summed E-state index contributed by atoms with van der Waals surface area (Å²) in [7, 11) is 0. The molecule has 0 spiro atoms. The Balaban J connectivity index is 3.31. The van der Waals surface area contributed by atoms with Crippen molar-refractivity contribution in [2.75, 3.05) is 5.73 Å². The van der Waals surface area contributed by atoms with E-state index in [0.29, 0.717) is 11.3 Å². The maximum Gasteiger partial charge on any atom is 0.335 e. The molecule has 1 rings (SSSR count). The fraction of sp³-hybridized carbons (Fsp3) is 0.222. The summed E-state index contributed by atoms with van der Waals surface area (Å²) in [5.74, 6) is -0.916. The lowest BCUT2D eigenvalue weighted by Crippen LogP contribution is -2.01. The van der Waals surface area contributed by atoms with Gasteiger partial charge in [-0.3, -0.25) is 0 Å². The second kappa shape index (κ2) is 2.85. The van der Waals surface area contributed by atoms with Crippen LogP contribution in [0.5, 0.6) is 0 Å². The zero-order chi connectivity index (χ0) is 9.30. The summed E-state index contributed by atoms with van der Waals surface area (Å²) in [5.41, 5.74) is 8.24. The zero-order valence-corrected chi connectivity index (χ0v) is 7.09. The second-order valence-corrected chi connectivity index (χ2v) is 2.83. The molecule has 1 aromatic rings. The second-order valence-electron chi connectivity index (χ2n) is 2.83. The third-order valence-electron chi connectivity index (χ3n) is 1.84. The van der Waals surface area contributed by atoms with E-state index in [0.717, 1.165) is 11.1 Å². The third kappa shape index (κ3) is 1.39. The Hall–Kier alpha value is -1.51. The first kappa shape index (κ1) is 8.59. The number of benzene rings is 1. The Morgan fingerprint density at radius 1 is 1.33 bits per heavy atom. The Labute approximate surface area is 70.8 Å². The van der Waals surface area contributed by atoms with Crippen LogP contribution in [-0.2, 0) is 0 Å². The summed E-state index contributed by atoms with van der Waals surface area (Å²) in [6.45, 7) is 3.60. The van der Waals surface area contributed by atoms with Gasteiger partial charge in [-0.25, -0.2) is 4.79 Å². The first-order valence-corrected chi connectivity index (χ1v) is 3.62. The van der Waals surface area contributed by atoms with Gasteiger partial charge in [-0.15, -0.1) is 0 Å². The summed E-state index contributed by atoms with van der Waals surface area (Å²) in [5, 5.41) is 8.68. The van der Waals surface area contributed by atoms with Crippen LogP contribution in [0.3, 0.4) is 0 Å². The summed E-state index contributed by atoms with van der Waals surface area (Å²) in [6, 6.07) is 3.15. The molecule has 1 aromatic carbocycles. The molecule has 0 heterocycles. The number of carboxylic acid groups (broad SMARTS) is 1. The van der Waals surface area contributed by atoms with E-state index in [9.17, 15) is 4.79 Å². The average molecular weight is 165 g/mol. The monoisotopic (exact) mass is 165 g/mol. The predicted molar refractivity (Wildman–Crippen MR) is 47.3 cm³/mol. The molecule has 0 aliphatic heterocycles. The number of aryl methyl sites for hydroxylation is 2. The molecule has 0 saturated heterocycles. The van der Waals surface area contributed by atoms with Crippen LogP contribution in [0.1, 0.15) is 21.5 Å². The summed E-state index contributed by atoms with van der Waals surface area (Å²) in [4.78, 5) is 10.6. The first-order chi connectivity index (χ1) is 5.52. The van der Waals surface area contributed by atoms with Crippen molar-refractivity contribution < 1.29 is 9.90 Å². The van der Waals surface area contributed by atoms with Crippen molar-refractivity contribution in [1.29, 1.82) is 0 Å². The van der Waals surface area contributed by atoms with Gasteiger partial charge in [0.15, 0.2) is 0 Å². The van der Waals surface area contributed by atoms with Crippen LogP contribution >= 0.6 is 0 Å². The first-order valence-electron chi connectivity index (χ1n) is 3.62. The molecule has 0 fully saturated rings. The predicted octanol–water partition coefficient (Wildman–Crippen LogP) is 1.58. The van der Waals surface area contributed by atoms with Crippen molar-refractivity contribution in [2.45, 2.75) is 13.8 Å². The molecule has 3 nitrogen and oxygen atoms in total. The highest BCUT2D eigenvalue weighted by atomic mass is 16.4. The lowest BCUT2D eigenvalue weighted by atomic mass is 10.1. The number of anilines is 1. The van der Waals surface area contributed by atoms with Crippen LogP contribution in [-0.4, -0.2) is 11.1 Å². The van der Waals surface area contributed by atoms with Gasteiger partial charge in [-0.1, -0.05) is 0 Å². The summed E-state index contributed by atoms with van der Waals surface area (Å²) >= 11 is 0. The molecule has 0 bridgehead atoms. The Morgan fingerprint density at radius 2 is 1.75 bits per heavy atom. The van der Waals surface area contributed by atoms with Crippen LogP contribution in [0.2, 0.25) is 0 Å². The number of hydrogen-bond donors (Lipinski definition) is 2. The molecule has 0 saturated carbocycles. The van der Waals surface area contributed by atoms with Gasteiger partial charge in [0.25, 0.3) is 0 Å². The van der Waals surface area contributed by atoms with Gasteiger partial charge in [0, 0.05) is 5.69 Å². The average Bonchev–Trinajstić information content (AvgIpc) is 1.99. The number of nitrogen functional groups attached to an aromatic ring is 1. The lowest BCUT2D eigenvalue weighted by molar-refractivity contribution is 0.0696. The van der Waals surface area contributed by atoms with Gasteiger partial charge in [-0.05, 0) is 37.1 Å². The molecule has 0 amide bonds. The minimum Gasteiger partial charge on any atom is -0.478 e. The fourth-order valence-electron chi connectivity index (χ4n) is 1.10. The van der Waals surface area contributed by atoms with Crippen LogP contribution in [0.25, 0.3) is 0 Å². The molecular weight excluding hydrogens is 154 g/mol. The van der Waals surface area contributed by atoms with E-state index in [1.54, 1.807) is 26.0 Å². The minimum atomic E-state index is -0.916. The standard InChI is InChI=1S/C9H11NO2/c1-5-3-7(9(11)12)4-6(2)8(5)10/h3-4H,10H2,1-2H3,(H,11,12). The molecule has 12 heavy (non-hydrogen) atoms. The van der Waals surface area contributed by atoms with Crippen LogP contribution in [0, 0.1) is 13.8 Å².